The van der Waals surface area contributed by atoms with Gasteiger partial charge in [0.05, 0.1) is 12.0 Å². The normalized spacial score (nSPS) is 10.4. The molecule has 0 saturated heterocycles. The van der Waals surface area contributed by atoms with E-state index in [1.165, 1.54) is 24.1 Å². The first-order valence-electron chi connectivity index (χ1n) is 5.64. The van der Waals surface area contributed by atoms with Crippen LogP contribution in [0.15, 0.2) is 18.2 Å². The van der Waals surface area contributed by atoms with Gasteiger partial charge in [0.1, 0.15) is 12.2 Å². The number of nitro groups is 1. The Bertz CT molecular complexity index is 491. The van der Waals surface area contributed by atoms with E-state index in [2.05, 4.69) is 4.74 Å². The number of nitrogens with zero attached hydrogens (tertiary/aromatic N) is 2. The molecule has 0 N–H and O–H groups in total. The van der Waals surface area contributed by atoms with Crippen molar-refractivity contribution in [3.63, 3.8) is 0 Å². The summed E-state index contributed by atoms with van der Waals surface area (Å²) in [7, 11) is 1.22. The third-order valence-electron chi connectivity index (χ3n) is 2.61. The fourth-order valence-electron chi connectivity index (χ4n) is 1.67. The van der Waals surface area contributed by atoms with Crippen LogP contribution in [0.25, 0.3) is 0 Å². The molecule has 1 rings (SSSR count). The lowest BCUT2D eigenvalue weighted by molar-refractivity contribution is -0.386. The van der Waals surface area contributed by atoms with Gasteiger partial charge in [-0.1, -0.05) is 6.07 Å². The molecule has 0 unspecified atom stereocenters. The number of carbonyl (C=O) groups excluding carboxylic acids is 1. The number of carbonyl (C=O) groups is 1. The highest BCUT2D eigenvalue weighted by Gasteiger charge is 2.27. The molecule has 0 amide bonds. The van der Waals surface area contributed by atoms with Gasteiger partial charge >= 0.3 is 11.7 Å². The third kappa shape index (κ3) is 3.40. The SMILES string of the molecule is COC(=O)CN(c1cccc(F)c1[N+](=O)[O-])C(C)C. The molecule has 0 aliphatic rings. The molecule has 0 heterocycles. The Labute approximate surface area is 109 Å². The highest BCUT2D eigenvalue weighted by molar-refractivity contribution is 5.78. The van der Waals surface area contributed by atoms with E-state index in [0.717, 1.165) is 6.07 Å². The summed E-state index contributed by atoms with van der Waals surface area (Å²) in [6.07, 6.45) is 0. The monoisotopic (exact) mass is 270 g/mol. The molecule has 0 aliphatic heterocycles. The fourth-order valence-corrected chi connectivity index (χ4v) is 1.67. The van der Waals surface area contributed by atoms with Crippen molar-refractivity contribution < 1.29 is 18.8 Å². The van der Waals surface area contributed by atoms with Crippen molar-refractivity contribution in [1.29, 1.82) is 0 Å². The molecule has 0 atom stereocenters. The van der Waals surface area contributed by atoms with Gasteiger partial charge in [-0.05, 0) is 26.0 Å². The summed E-state index contributed by atoms with van der Waals surface area (Å²) in [6.45, 7) is 3.31. The summed E-state index contributed by atoms with van der Waals surface area (Å²) >= 11 is 0. The minimum Gasteiger partial charge on any atom is -0.468 e. The topological polar surface area (TPSA) is 72.7 Å². The average Bonchev–Trinajstić information content (AvgIpc) is 2.34. The van der Waals surface area contributed by atoms with Crippen molar-refractivity contribution >= 4 is 17.3 Å². The number of hydrogen-bond acceptors (Lipinski definition) is 5. The van der Waals surface area contributed by atoms with Crippen LogP contribution >= 0.6 is 0 Å². The zero-order valence-corrected chi connectivity index (χ0v) is 10.9. The van der Waals surface area contributed by atoms with Crippen molar-refractivity contribution in [3.8, 4) is 0 Å². The van der Waals surface area contributed by atoms with Gasteiger partial charge in [0.15, 0.2) is 0 Å². The van der Waals surface area contributed by atoms with Crippen molar-refractivity contribution in [1.82, 2.24) is 0 Å². The second kappa shape index (κ2) is 6.12. The predicted octanol–water partition coefficient (Wildman–Crippen LogP) is 2.12. The van der Waals surface area contributed by atoms with E-state index >= 15 is 0 Å². The maximum Gasteiger partial charge on any atom is 0.327 e. The Hall–Kier alpha value is -2.18. The van der Waals surface area contributed by atoms with Gasteiger partial charge in [-0.15, -0.1) is 0 Å². The summed E-state index contributed by atoms with van der Waals surface area (Å²) in [5, 5.41) is 10.9. The molecule has 6 nitrogen and oxygen atoms in total. The second-order valence-corrected chi connectivity index (χ2v) is 4.16. The maximum absolute atomic E-state index is 13.6. The quantitative estimate of drug-likeness (QED) is 0.465. The van der Waals surface area contributed by atoms with E-state index in [-0.39, 0.29) is 18.3 Å². The number of halogens is 1. The van der Waals surface area contributed by atoms with Crippen molar-refractivity contribution in [3.05, 3.63) is 34.1 Å². The molecule has 0 aromatic heterocycles. The van der Waals surface area contributed by atoms with E-state index < -0.39 is 22.4 Å². The summed E-state index contributed by atoms with van der Waals surface area (Å²) in [6, 6.07) is 3.56. The zero-order chi connectivity index (χ0) is 14.6. The largest absolute Gasteiger partial charge is 0.468 e. The molecule has 0 spiro atoms. The van der Waals surface area contributed by atoms with Gasteiger partial charge in [0, 0.05) is 6.04 Å². The van der Waals surface area contributed by atoms with Gasteiger partial charge in [-0.25, -0.2) is 0 Å². The van der Waals surface area contributed by atoms with Crippen molar-refractivity contribution in [2.45, 2.75) is 19.9 Å². The standard InChI is InChI=1S/C12H15FN2O4/c1-8(2)14(7-11(16)19-3)10-6-4-5-9(13)12(10)15(17)18/h4-6,8H,7H2,1-3H3. The predicted molar refractivity (Wildman–Crippen MR) is 67.6 cm³/mol. The minimum absolute atomic E-state index is 0.0606. The van der Waals surface area contributed by atoms with Crippen LogP contribution in [-0.4, -0.2) is 30.6 Å². The lowest BCUT2D eigenvalue weighted by Gasteiger charge is -2.27. The molecular weight excluding hydrogens is 255 g/mol. The molecule has 0 saturated carbocycles. The van der Waals surface area contributed by atoms with Gasteiger partial charge in [0.25, 0.3) is 0 Å². The fraction of sp³-hybridized carbons (Fsp3) is 0.417. The first-order valence-corrected chi connectivity index (χ1v) is 5.64. The van der Waals surface area contributed by atoms with Crippen LogP contribution in [0.5, 0.6) is 0 Å². The Balaban J connectivity index is 3.27. The van der Waals surface area contributed by atoms with E-state index in [4.69, 9.17) is 0 Å². The van der Waals surface area contributed by atoms with E-state index in [1.807, 2.05) is 0 Å². The molecule has 1 aromatic carbocycles. The molecule has 104 valence electrons. The number of nitro benzene ring substituents is 1. The lowest BCUT2D eigenvalue weighted by atomic mass is 10.2. The smallest absolute Gasteiger partial charge is 0.327 e. The molecule has 0 aliphatic carbocycles. The van der Waals surface area contributed by atoms with Gasteiger partial charge < -0.3 is 9.64 Å². The Morgan fingerprint density at radius 2 is 2.16 bits per heavy atom. The molecule has 19 heavy (non-hydrogen) atoms. The summed E-state index contributed by atoms with van der Waals surface area (Å²) in [5.74, 6) is -1.48. The second-order valence-electron chi connectivity index (χ2n) is 4.16. The highest BCUT2D eigenvalue weighted by Crippen LogP contribution is 2.31. The summed E-state index contributed by atoms with van der Waals surface area (Å²) in [4.78, 5) is 22.9. The van der Waals surface area contributed by atoms with Crippen molar-refractivity contribution in [2.24, 2.45) is 0 Å². The number of rotatable bonds is 5. The minimum atomic E-state index is -0.932. The van der Waals surface area contributed by atoms with Crippen molar-refractivity contribution in [2.75, 3.05) is 18.6 Å². The molecular formula is C12H15FN2O4. The summed E-state index contributed by atoms with van der Waals surface area (Å²) in [5.41, 5.74) is -0.578. The van der Waals surface area contributed by atoms with Gasteiger partial charge in [0.2, 0.25) is 5.82 Å². The van der Waals surface area contributed by atoms with Gasteiger partial charge in [-0.2, -0.15) is 4.39 Å². The van der Waals surface area contributed by atoms with Crippen LogP contribution in [0.3, 0.4) is 0 Å². The first-order chi connectivity index (χ1) is 8.88. The number of esters is 1. The van der Waals surface area contributed by atoms with Crippen LogP contribution in [0.4, 0.5) is 15.8 Å². The Morgan fingerprint density at radius 3 is 2.63 bits per heavy atom. The lowest BCUT2D eigenvalue weighted by Crippen LogP contribution is -2.36. The van der Waals surface area contributed by atoms with Crippen LogP contribution in [-0.2, 0) is 9.53 Å². The zero-order valence-electron chi connectivity index (χ0n) is 10.9. The molecule has 1 aromatic rings. The van der Waals surface area contributed by atoms with Crippen LogP contribution in [0.2, 0.25) is 0 Å². The summed E-state index contributed by atoms with van der Waals surface area (Å²) < 4.78 is 18.1. The number of methoxy groups -OCH3 is 1. The van der Waals surface area contributed by atoms with E-state index in [1.54, 1.807) is 13.8 Å². The van der Waals surface area contributed by atoms with Gasteiger partial charge in [-0.3, -0.25) is 14.9 Å². The third-order valence-corrected chi connectivity index (χ3v) is 2.61. The number of ether oxygens (including phenoxy) is 1. The Morgan fingerprint density at radius 1 is 1.53 bits per heavy atom. The molecule has 7 heteroatoms. The number of anilines is 1. The average molecular weight is 270 g/mol. The van der Waals surface area contributed by atoms with E-state index in [9.17, 15) is 19.3 Å². The van der Waals surface area contributed by atoms with E-state index in [0.29, 0.717) is 0 Å². The molecule has 0 bridgehead atoms. The van der Waals surface area contributed by atoms with Crippen LogP contribution in [0, 0.1) is 15.9 Å². The number of hydrogen-bond donors (Lipinski definition) is 0. The number of benzene rings is 1. The van der Waals surface area contributed by atoms with Crippen LogP contribution < -0.4 is 4.90 Å². The number of para-hydroxylation sites is 1. The Kier molecular flexibility index (Phi) is 4.80. The van der Waals surface area contributed by atoms with Crippen LogP contribution in [0.1, 0.15) is 13.8 Å². The highest BCUT2D eigenvalue weighted by atomic mass is 19.1. The molecule has 0 fully saturated rings. The maximum atomic E-state index is 13.6. The first kappa shape index (κ1) is 14.9. The molecule has 0 radical (unpaired) electrons.